The number of aromatic nitrogens is 2. The van der Waals surface area contributed by atoms with Crippen LogP contribution >= 0.6 is 0 Å². The molecule has 3 rings (SSSR count). The van der Waals surface area contributed by atoms with Gasteiger partial charge in [0.25, 0.3) is 11.8 Å². The molecule has 2 heterocycles. The summed E-state index contributed by atoms with van der Waals surface area (Å²) in [5.74, 6) is 0.689. The number of rotatable bonds is 9. The molecule has 1 N–H and O–H groups in total. The van der Waals surface area contributed by atoms with Crippen molar-refractivity contribution < 1.29 is 18.7 Å². The number of nitrogens with zero attached hydrogens (tertiary/aromatic N) is 3. The van der Waals surface area contributed by atoms with Gasteiger partial charge < -0.3 is 19.4 Å². The Balaban J connectivity index is 1.64. The Labute approximate surface area is 181 Å². The van der Waals surface area contributed by atoms with Crippen molar-refractivity contribution in [2.75, 3.05) is 19.4 Å². The zero-order valence-electron chi connectivity index (χ0n) is 18.3. The summed E-state index contributed by atoms with van der Waals surface area (Å²) in [7, 11) is 3.30. The molecule has 0 saturated heterocycles. The number of carbonyl (C=O) groups excluding carboxylic acids is 2. The molecule has 8 nitrogen and oxygen atoms in total. The topological polar surface area (TPSA) is 89.6 Å². The van der Waals surface area contributed by atoms with Crippen LogP contribution < -0.4 is 10.1 Å². The second-order valence-corrected chi connectivity index (χ2v) is 7.32. The summed E-state index contributed by atoms with van der Waals surface area (Å²) >= 11 is 0. The molecule has 0 aliphatic heterocycles. The molecule has 164 valence electrons. The van der Waals surface area contributed by atoms with Gasteiger partial charge in [-0.25, -0.2) is 0 Å². The number of hydrogen-bond donors (Lipinski definition) is 1. The molecule has 0 fully saturated rings. The quantitative estimate of drug-likeness (QED) is 0.561. The van der Waals surface area contributed by atoms with Crippen LogP contribution in [0.5, 0.6) is 5.75 Å². The molecule has 3 aromatic rings. The van der Waals surface area contributed by atoms with Crippen LogP contribution in [0.3, 0.4) is 0 Å². The van der Waals surface area contributed by atoms with E-state index < -0.39 is 5.91 Å². The second-order valence-electron chi connectivity index (χ2n) is 7.32. The fourth-order valence-electron chi connectivity index (χ4n) is 3.11. The molecule has 0 bridgehead atoms. The van der Waals surface area contributed by atoms with E-state index in [-0.39, 0.29) is 18.3 Å². The maximum absolute atomic E-state index is 12.6. The Morgan fingerprint density at radius 3 is 2.52 bits per heavy atom. The van der Waals surface area contributed by atoms with Crippen molar-refractivity contribution in [3.8, 4) is 5.75 Å². The third-order valence-electron chi connectivity index (χ3n) is 4.72. The molecule has 2 aromatic heterocycles. The number of carbonyl (C=O) groups is 2. The number of nitrogens with one attached hydrogen (secondary N) is 1. The minimum Gasteiger partial charge on any atom is -0.486 e. The number of ether oxygens (including phenoxy) is 1. The van der Waals surface area contributed by atoms with Crippen molar-refractivity contribution in [1.82, 2.24) is 14.7 Å². The van der Waals surface area contributed by atoms with E-state index in [1.54, 1.807) is 30.9 Å². The van der Waals surface area contributed by atoms with E-state index in [4.69, 9.17) is 9.15 Å². The second kappa shape index (κ2) is 9.97. The smallest absolute Gasteiger partial charge is 0.291 e. The van der Waals surface area contributed by atoms with Crippen LogP contribution in [-0.4, -0.2) is 40.6 Å². The molecular formula is C23H28N4O4. The number of benzene rings is 1. The summed E-state index contributed by atoms with van der Waals surface area (Å²) in [6, 6.07) is 11.2. The Kier molecular flexibility index (Phi) is 7.12. The molecule has 0 saturated carbocycles. The highest BCUT2D eigenvalue weighted by Gasteiger charge is 2.22. The first kappa shape index (κ1) is 22.1. The summed E-state index contributed by atoms with van der Waals surface area (Å²) in [6.07, 6.45) is 3.60. The van der Waals surface area contributed by atoms with Gasteiger partial charge in [-0.05, 0) is 43.2 Å². The third-order valence-corrected chi connectivity index (χ3v) is 4.72. The Bertz CT molecular complexity index is 1030. The standard InChI is InChI=1S/C23H28N4O4/c1-5-7-16-8-10-17(11-9-16)30-15-18-12-13-20(31-18)22(28)25-19-14-24-27(6-2)21(19)23(29)26(3)4/h8-14H,5-7,15H2,1-4H3,(H,25,28). The lowest BCUT2D eigenvalue weighted by Crippen LogP contribution is -2.26. The molecular weight excluding hydrogens is 396 g/mol. The van der Waals surface area contributed by atoms with E-state index in [2.05, 4.69) is 17.3 Å². The fourth-order valence-corrected chi connectivity index (χ4v) is 3.11. The molecule has 0 spiro atoms. The predicted octanol–water partition coefficient (Wildman–Crippen LogP) is 3.98. The van der Waals surface area contributed by atoms with Crippen LogP contribution in [-0.2, 0) is 19.6 Å². The molecule has 0 unspecified atom stereocenters. The summed E-state index contributed by atoms with van der Waals surface area (Å²) < 4.78 is 12.9. The lowest BCUT2D eigenvalue weighted by molar-refractivity contribution is 0.0816. The van der Waals surface area contributed by atoms with Gasteiger partial charge >= 0.3 is 0 Å². The third kappa shape index (κ3) is 5.33. The van der Waals surface area contributed by atoms with Crippen LogP contribution in [0, 0.1) is 0 Å². The maximum atomic E-state index is 12.6. The number of amides is 2. The largest absolute Gasteiger partial charge is 0.486 e. The lowest BCUT2D eigenvalue weighted by atomic mass is 10.1. The van der Waals surface area contributed by atoms with Gasteiger partial charge in [-0.1, -0.05) is 25.5 Å². The first-order valence-electron chi connectivity index (χ1n) is 10.3. The molecule has 2 amide bonds. The Hall–Kier alpha value is -3.55. The van der Waals surface area contributed by atoms with Crippen molar-refractivity contribution in [2.45, 2.75) is 39.8 Å². The SMILES string of the molecule is CCCc1ccc(OCc2ccc(C(=O)Nc3cnn(CC)c3C(=O)N(C)C)o2)cc1. The van der Waals surface area contributed by atoms with Crippen LogP contribution in [0.2, 0.25) is 0 Å². The zero-order valence-corrected chi connectivity index (χ0v) is 18.3. The average Bonchev–Trinajstić information content (AvgIpc) is 3.40. The van der Waals surface area contributed by atoms with E-state index in [0.717, 1.165) is 18.6 Å². The van der Waals surface area contributed by atoms with Crippen molar-refractivity contribution in [3.05, 3.63) is 65.4 Å². The molecule has 0 radical (unpaired) electrons. The predicted molar refractivity (Wildman–Crippen MR) is 117 cm³/mol. The average molecular weight is 425 g/mol. The molecule has 1 aromatic carbocycles. The first-order chi connectivity index (χ1) is 14.9. The number of aryl methyl sites for hydroxylation is 2. The normalized spacial score (nSPS) is 10.7. The highest BCUT2D eigenvalue weighted by atomic mass is 16.5. The summed E-state index contributed by atoms with van der Waals surface area (Å²) in [4.78, 5) is 26.6. The first-order valence-corrected chi connectivity index (χ1v) is 10.3. The number of hydrogen-bond acceptors (Lipinski definition) is 5. The fraction of sp³-hybridized carbons (Fsp3) is 0.348. The molecule has 0 aliphatic rings. The van der Waals surface area contributed by atoms with Gasteiger partial charge in [0.1, 0.15) is 23.8 Å². The summed E-state index contributed by atoms with van der Waals surface area (Å²) in [5, 5.41) is 6.89. The zero-order chi connectivity index (χ0) is 22.4. The van der Waals surface area contributed by atoms with Crippen molar-refractivity contribution in [2.24, 2.45) is 0 Å². The van der Waals surface area contributed by atoms with E-state index in [9.17, 15) is 9.59 Å². The van der Waals surface area contributed by atoms with E-state index in [0.29, 0.717) is 23.7 Å². The molecule has 0 atom stereocenters. The highest BCUT2D eigenvalue weighted by Crippen LogP contribution is 2.20. The number of furan rings is 1. The van der Waals surface area contributed by atoms with Crippen LogP contribution in [0.15, 0.2) is 47.0 Å². The Morgan fingerprint density at radius 2 is 1.87 bits per heavy atom. The van der Waals surface area contributed by atoms with Gasteiger partial charge in [-0.3, -0.25) is 14.3 Å². The molecule has 8 heteroatoms. The van der Waals surface area contributed by atoms with Gasteiger partial charge in [-0.15, -0.1) is 0 Å². The summed E-state index contributed by atoms with van der Waals surface area (Å²) in [6.45, 7) is 4.73. The summed E-state index contributed by atoms with van der Waals surface area (Å²) in [5.41, 5.74) is 1.93. The van der Waals surface area contributed by atoms with Crippen LogP contribution in [0.4, 0.5) is 5.69 Å². The molecule has 0 aliphatic carbocycles. The van der Waals surface area contributed by atoms with Gasteiger partial charge in [-0.2, -0.15) is 5.10 Å². The van der Waals surface area contributed by atoms with E-state index >= 15 is 0 Å². The van der Waals surface area contributed by atoms with E-state index in [1.165, 1.54) is 16.7 Å². The Morgan fingerprint density at radius 1 is 1.13 bits per heavy atom. The van der Waals surface area contributed by atoms with E-state index in [1.807, 2.05) is 31.2 Å². The maximum Gasteiger partial charge on any atom is 0.291 e. The van der Waals surface area contributed by atoms with Crippen molar-refractivity contribution in [3.63, 3.8) is 0 Å². The monoisotopic (exact) mass is 424 g/mol. The minimum atomic E-state index is -0.460. The van der Waals surface area contributed by atoms with Gasteiger partial charge in [0.15, 0.2) is 5.76 Å². The van der Waals surface area contributed by atoms with Gasteiger partial charge in [0, 0.05) is 20.6 Å². The number of anilines is 1. The molecule has 31 heavy (non-hydrogen) atoms. The highest BCUT2D eigenvalue weighted by molar-refractivity contribution is 6.07. The van der Waals surface area contributed by atoms with Crippen molar-refractivity contribution >= 4 is 17.5 Å². The van der Waals surface area contributed by atoms with Crippen LogP contribution in [0.25, 0.3) is 0 Å². The van der Waals surface area contributed by atoms with Crippen molar-refractivity contribution in [1.29, 1.82) is 0 Å². The minimum absolute atomic E-state index is 0.129. The van der Waals surface area contributed by atoms with Gasteiger partial charge in [0.2, 0.25) is 0 Å². The van der Waals surface area contributed by atoms with Crippen LogP contribution in [0.1, 0.15) is 52.6 Å². The lowest BCUT2D eigenvalue weighted by Gasteiger charge is -2.13. The van der Waals surface area contributed by atoms with Gasteiger partial charge in [0.05, 0.1) is 11.9 Å².